The number of halogens is 3. The Hall–Kier alpha value is -1.03. The van der Waals surface area contributed by atoms with Gasteiger partial charge in [-0.3, -0.25) is 0 Å². The maximum atomic E-state index is 12.1. The van der Waals surface area contributed by atoms with Crippen LogP contribution in [0.5, 0.6) is 0 Å². The Bertz CT molecular complexity index is 308. The van der Waals surface area contributed by atoms with E-state index in [1.54, 1.807) is 0 Å². The van der Waals surface area contributed by atoms with Crippen LogP contribution in [-0.2, 0) is 0 Å². The van der Waals surface area contributed by atoms with Crippen LogP contribution in [0.3, 0.4) is 0 Å². The van der Waals surface area contributed by atoms with Crippen LogP contribution in [0.25, 0.3) is 0 Å². The third-order valence-corrected chi connectivity index (χ3v) is 2.58. The van der Waals surface area contributed by atoms with Gasteiger partial charge >= 0.3 is 6.18 Å². The Kier molecular flexibility index (Phi) is 5.48. The minimum atomic E-state index is -4.08. The fourth-order valence-electron chi connectivity index (χ4n) is 1.75. The van der Waals surface area contributed by atoms with Gasteiger partial charge in [0, 0.05) is 12.6 Å². The number of rotatable bonds is 6. The number of nitrogens with one attached hydrogen (secondary N) is 1. The molecule has 0 bridgehead atoms. The van der Waals surface area contributed by atoms with E-state index in [1.165, 1.54) is 0 Å². The number of alkyl halides is 3. The third kappa shape index (κ3) is 5.73. The monoisotopic (exact) mass is 245 g/mol. The SMILES string of the molecule is CCCC(NCCC(F)(F)F)c1ccccc1. The number of hydrogen-bond donors (Lipinski definition) is 1. The molecule has 1 unspecified atom stereocenters. The first-order valence-corrected chi connectivity index (χ1v) is 5.88. The molecular formula is C13H18F3N. The van der Waals surface area contributed by atoms with Gasteiger partial charge in [0.1, 0.15) is 0 Å². The average Bonchev–Trinajstić information content (AvgIpc) is 2.27. The van der Waals surface area contributed by atoms with Crippen molar-refractivity contribution < 1.29 is 13.2 Å². The van der Waals surface area contributed by atoms with Crippen LogP contribution in [0.2, 0.25) is 0 Å². The van der Waals surface area contributed by atoms with Crippen LogP contribution >= 0.6 is 0 Å². The fourth-order valence-corrected chi connectivity index (χ4v) is 1.75. The summed E-state index contributed by atoms with van der Waals surface area (Å²) in [7, 11) is 0. The van der Waals surface area contributed by atoms with Crippen molar-refractivity contribution in [2.45, 2.75) is 38.4 Å². The lowest BCUT2D eigenvalue weighted by atomic mass is 10.0. The van der Waals surface area contributed by atoms with E-state index in [1.807, 2.05) is 37.3 Å². The van der Waals surface area contributed by atoms with Crippen molar-refractivity contribution in [3.63, 3.8) is 0 Å². The number of hydrogen-bond acceptors (Lipinski definition) is 1. The van der Waals surface area contributed by atoms with E-state index in [4.69, 9.17) is 0 Å². The molecule has 0 aliphatic rings. The first-order valence-electron chi connectivity index (χ1n) is 5.88. The van der Waals surface area contributed by atoms with E-state index in [0.29, 0.717) is 0 Å². The zero-order chi connectivity index (χ0) is 12.7. The summed E-state index contributed by atoms with van der Waals surface area (Å²) in [6.45, 7) is 2.00. The van der Waals surface area contributed by atoms with Crippen LogP contribution in [-0.4, -0.2) is 12.7 Å². The van der Waals surface area contributed by atoms with Crippen molar-refractivity contribution in [2.75, 3.05) is 6.54 Å². The summed E-state index contributed by atoms with van der Waals surface area (Å²) in [5.41, 5.74) is 1.05. The number of benzene rings is 1. The molecule has 0 aliphatic carbocycles. The Labute approximate surface area is 100 Å². The third-order valence-electron chi connectivity index (χ3n) is 2.58. The Morgan fingerprint density at radius 2 is 1.82 bits per heavy atom. The van der Waals surface area contributed by atoms with E-state index < -0.39 is 12.6 Å². The second-order valence-corrected chi connectivity index (χ2v) is 4.07. The molecule has 0 aromatic heterocycles. The second kappa shape index (κ2) is 6.64. The Balaban J connectivity index is 2.50. The quantitative estimate of drug-likeness (QED) is 0.796. The molecule has 0 heterocycles. The Morgan fingerprint density at radius 1 is 1.18 bits per heavy atom. The molecule has 17 heavy (non-hydrogen) atoms. The molecule has 0 amide bonds. The molecule has 1 nitrogen and oxygen atoms in total. The van der Waals surface area contributed by atoms with Gasteiger partial charge in [-0.15, -0.1) is 0 Å². The molecule has 0 saturated carbocycles. The lowest BCUT2D eigenvalue weighted by Gasteiger charge is -2.19. The molecule has 0 fully saturated rings. The molecule has 0 saturated heterocycles. The average molecular weight is 245 g/mol. The summed E-state index contributed by atoms with van der Waals surface area (Å²) >= 11 is 0. The molecule has 1 rings (SSSR count). The van der Waals surface area contributed by atoms with Gasteiger partial charge in [0.2, 0.25) is 0 Å². The van der Waals surface area contributed by atoms with Crippen molar-refractivity contribution in [2.24, 2.45) is 0 Å². The van der Waals surface area contributed by atoms with Crippen molar-refractivity contribution in [1.82, 2.24) is 5.32 Å². The van der Waals surface area contributed by atoms with Crippen molar-refractivity contribution in [3.8, 4) is 0 Å². The summed E-state index contributed by atoms with van der Waals surface area (Å²) in [5, 5.41) is 2.97. The normalized spacial score (nSPS) is 13.6. The molecule has 96 valence electrons. The molecule has 1 aromatic carbocycles. The smallest absolute Gasteiger partial charge is 0.310 e. The topological polar surface area (TPSA) is 12.0 Å². The molecule has 1 aromatic rings. The van der Waals surface area contributed by atoms with Crippen LogP contribution < -0.4 is 5.32 Å². The van der Waals surface area contributed by atoms with E-state index in [-0.39, 0.29) is 12.6 Å². The zero-order valence-corrected chi connectivity index (χ0v) is 9.93. The molecular weight excluding hydrogens is 227 g/mol. The van der Waals surface area contributed by atoms with Crippen LogP contribution in [0.15, 0.2) is 30.3 Å². The van der Waals surface area contributed by atoms with Gasteiger partial charge < -0.3 is 5.32 Å². The predicted octanol–water partition coefficient (Wildman–Crippen LogP) is 4.07. The summed E-state index contributed by atoms with van der Waals surface area (Å²) in [6, 6.07) is 9.63. The molecule has 4 heteroatoms. The predicted molar refractivity (Wildman–Crippen MR) is 62.8 cm³/mol. The first kappa shape index (κ1) is 14.0. The first-order chi connectivity index (χ1) is 8.03. The lowest BCUT2D eigenvalue weighted by Crippen LogP contribution is -2.26. The lowest BCUT2D eigenvalue weighted by molar-refractivity contribution is -0.133. The van der Waals surface area contributed by atoms with Gasteiger partial charge in [0.25, 0.3) is 0 Å². The highest BCUT2D eigenvalue weighted by Crippen LogP contribution is 2.21. The van der Waals surface area contributed by atoms with Crippen molar-refractivity contribution in [1.29, 1.82) is 0 Å². The van der Waals surface area contributed by atoms with Crippen LogP contribution in [0, 0.1) is 0 Å². The largest absolute Gasteiger partial charge is 0.390 e. The van der Waals surface area contributed by atoms with Gasteiger partial charge in [-0.05, 0) is 12.0 Å². The molecule has 1 N–H and O–H groups in total. The standard InChI is InChI=1S/C13H18F3N/c1-2-6-12(11-7-4-3-5-8-11)17-10-9-13(14,15)16/h3-5,7-8,12,17H,2,6,9-10H2,1H3. The zero-order valence-electron chi connectivity index (χ0n) is 9.93. The van der Waals surface area contributed by atoms with Gasteiger partial charge in [-0.25, -0.2) is 0 Å². The van der Waals surface area contributed by atoms with E-state index in [2.05, 4.69) is 5.32 Å². The molecule has 0 radical (unpaired) electrons. The minimum absolute atomic E-state index is 0.0172. The summed E-state index contributed by atoms with van der Waals surface area (Å²) < 4.78 is 36.2. The summed E-state index contributed by atoms with van der Waals surface area (Å²) in [4.78, 5) is 0. The minimum Gasteiger partial charge on any atom is -0.310 e. The summed E-state index contributed by atoms with van der Waals surface area (Å²) in [6.07, 6.45) is -3.07. The molecule has 1 atom stereocenters. The molecule has 0 spiro atoms. The van der Waals surface area contributed by atoms with Crippen LogP contribution in [0.4, 0.5) is 13.2 Å². The van der Waals surface area contributed by atoms with Gasteiger partial charge in [0.05, 0.1) is 6.42 Å². The van der Waals surface area contributed by atoms with E-state index in [0.717, 1.165) is 18.4 Å². The van der Waals surface area contributed by atoms with Crippen molar-refractivity contribution in [3.05, 3.63) is 35.9 Å². The maximum Gasteiger partial charge on any atom is 0.390 e. The van der Waals surface area contributed by atoms with E-state index >= 15 is 0 Å². The highest BCUT2D eigenvalue weighted by Gasteiger charge is 2.26. The highest BCUT2D eigenvalue weighted by atomic mass is 19.4. The van der Waals surface area contributed by atoms with Gasteiger partial charge in [-0.2, -0.15) is 13.2 Å². The van der Waals surface area contributed by atoms with Gasteiger partial charge in [-0.1, -0.05) is 43.7 Å². The van der Waals surface area contributed by atoms with E-state index in [9.17, 15) is 13.2 Å². The maximum absolute atomic E-state index is 12.1. The van der Waals surface area contributed by atoms with Gasteiger partial charge in [0.15, 0.2) is 0 Å². The fraction of sp³-hybridized carbons (Fsp3) is 0.538. The Morgan fingerprint density at radius 3 is 2.35 bits per heavy atom. The van der Waals surface area contributed by atoms with Crippen molar-refractivity contribution >= 4 is 0 Å². The second-order valence-electron chi connectivity index (χ2n) is 4.07. The highest BCUT2D eigenvalue weighted by molar-refractivity contribution is 5.18. The summed E-state index contributed by atoms with van der Waals surface area (Å²) in [5.74, 6) is 0. The molecule has 0 aliphatic heterocycles. The van der Waals surface area contributed by atoms with Crippen LogP contribution in [0.1, 0.15) is 37.8 Å².